The van der Waals surface area contributed by atoms with Gasteiger partial charge in [0.05, 0.1) is 21.7 Å². The lowest BCUT2D eigenvalue weighted by atomic mass is 10.1. The first kappa shape index (κ1) is 14.4. The molecule has 0 aromatic heterocycles. The number of amidine groups is 1. The van der Waals surface area contributed by atoms with Gasteiger partial charge in [0.2, 0.25) is 0 Å². The van der Waals surface area contributed by atoms with E-state index in [-0.39, 0.29) is 15.6 Å². The summed E-state index contributed by atoms with van der Waals surface area (Å²) in [6.07, 6.45) is 0. The van der Waals surface area contributed by atoms with Gasteiger partial charge in [-0.3, -0.25) is 10.2 Å². The minimum absolute atomic E-state index is 0.00778. The molecular formula is C11H3ClF3N3OS2. The maximum absolute atomic E-state index is 14.2. The standard InChI is InChI=1S/C11H3ClF3N3OS2/c12-3-4(13)1-2(5(14)6(3)15)9(16)17-7(1)8-10(20)18-11(19)21-8/h(H2,16,17)(H,18,19,20)/b8-7+. The van der Waals surface area contributed by atoms with Crippen LogP contribution in [0, 0.1) is 22.9 Å². The fourth-order valence-electron chi connectivity index (χ4n) is 2.00. The number of carbonyl (C=O) groups is 1. The molecule has 1 fully saturated rings. The van der Waals surface area contributed by atoms with Gasteiger partial charge in [0, 0.05) is 0 Å². The molecule has 0 aliphatic carbocycles. The molecule has 0 unspecified atom stereocenters. The molecule has 108 valence electrons. The second-order valence-corrected chi connectivity index (χ2v) is 5.82. The van der Waals surface area contributed by atoms with Crippen LogP contribution < -0.4 is 10.6 Å². The topological polar surface area (TPSA) is 65.0 Å². The summed E-state index contributed by atoms with van der Waals surface area (Å²) in [5.41, 5.74) is -1.08. The van der Waals surface area contributed by atoms with Crippen LogP contribution in [0.3, 0.4) is 0 Å². The first-order valence-electron chi connectivity index (χ1n) is 5.32. The molecule has 1 saturated heterocycles. The average molecular weight is 350 g/mol. The number of nitrogens with one attached hydrogen (secondary N) is 3. The van der Waals surface area contributed by atoms with Crippen LogP contribution >= 0.6 is 35.6 Å². The van der Waals surface area contributed by atoms with E-state index in [4.69, 9.17) is 29.2 Å². The van der Waals surface area contributed by atoms with Gasteiger partial charge in [-0.05, 0) is 11.8 Å². The van der Waals surface area contributed by atoms with Crippen LogP contribution in [0.2, 0.25) is 5.02 Å². The van der Waals surface area contributed by atoms with Gasteiger partial charge in [0.1, 0.15) is 15.8 Å². The average Bonchev–Trinajstić information content (AvgIpc) is 2.93. The number of fused-ring (bicyclic) bond motifs is 1. The molecule has 2 aliphatic rings. The molecule has 2 heterocycles. The number of hydrogen-bond donors (Lipinski definition) is 3. The molecular weight excluding hydrogens is 347 g/mol. The summed E-state index contributed by atoms with van der Waals surface area (Å²) in [5.74, 6) is -4.76. The lowest BCUT2D eigenvalue weighted by Gasteiger charge is -2.07. The summed E-state index contributed by atoms with van der Waals surface area (Å²) >= 11 is 11.0. The molecule has 4 nitrogen and oxygen atoms in total. The van der Waals surface area contributed by atoms with Crippen molar-refractivity contribution in [1.82, 2.24) is 10.6 Å². The highest BCUT2D eigenvalue weighted by Crippen LogP contribution is 2.40. The largest absolute Gasteiger partial charge is 0.338 e. The Hall–Kier alpha value is -1.58. The molecule has 1 aromatic rings. The van der Waals surface area contributed by atoms with E-state index >= 15 is 0 Å². The molecule has 3 rings (SSSR count). The van der Waals surface area contributed by atoms with Crippen molar-refractivity contribution in [3.05, 3.63) is 38.5 Å². The number of thioether (sulfide) groups is 1. The Kier molecular flexibility index (Phi) is 3.23. The van der Waals surface area contributed by atoms with Crippen LogP contribution in [0.1, 0.15) is 11.1 Å². The highest BCUT2D eigenvalue weighted by molar-refractivity contribution is 8.19. The van der Waals surface area contributed by atoms with Crippen LogP contribution in [-0.2, 0) is 0 Å². The van der Waals surface area contributed by atoms with E-state index in [1.807, 2.05) is 0 Å². The lowest BCUT2D eigenvalue weighted by Crippen LogP contribution is -2.19. The predicted octanol–water partition coefficient (Wildman–Crippen LogP) is 3.14. The van der Waals surface area contributed by atoms with E-state index in [2.05, 4.69) is 10.6 Å². The Balaban J connectivity index is 2.36. The second-order valence-electron chi connectivity index (χ2n) is 4.05. The highest BCUT2D eigenvalue weighted by atomic mass is 35.5. The van der Waals surface area contributed by atoms with Crippen molar-refractivity contribution in [3.63, 3.8) is 0 Å². The second kappa shape index (κ2) is 4.72. The van der Waals surface area contributed by atoms with Crippen molar-refractivity contribution in [1.29, 1.82) is 5.41 Å². The summed E-state index contributed by atoms with van der Waals surface area (Å²) in [6.45, 7) is 0. The number of amides is 1. The van der Waals surface area contributed by atoms with Gasteiger partial charge in [-0.15, -0.1) is 0 Å². The van der Waals surface area contributed by atoms with Crippen molar-refractivity contribution in [2.45, 2.75) is 0 Å². The minimum Gasteiger partial charge on any atom is -0.338 e. The normalized spacial score (nSPS) is 20.7. The fourth-order valence-corrected chi connectivity index (χ4v) is 3.30. The number of rotatable bonds is 0. The van der Waals surface area contributed by atoms with E-state index in [1.54, 1.807) is 0 Å². The zero-order chi connectivity index (χ0) is 15.5. The highest BCUT2D eigenvalue weighted by Gasteiger charge is 2.37. The predicted molar refractivity (Wildman–Crippen MR) is 76.9 cm³/mol. The first-order valence-corrected chi connectivity index (χ1v) is 6.93. The van der Waals surface area contributed by atoms with Crippen molar-refractivity contribution < 1.29 is 18.0 Å². The Labute approximate surface area is 130 Å². The Bertz CT molecular complexity index is 794. The zero-order valence-corrected chi connectivity index (χ0v) is 12.1. The number of hydrogen-bond acceptors (Lipinski definition) is 4. The van der Waals surface area contributed by atoms with Crippen molar-refractivity contribution >= 4 is 57.3 Å². The minimum atomic E-state index is -1.57. The molecule has 21 heavy (non-hydrogen) atoms. The van der Waals surface area contributed by atoms with Gasteiger partial charge in [-0.25, -0.2) is 13.2 Å². The maximum Gasteiger partial charge on any atom is 0.289 e. The van der Waals surface area contributed by atoms with E-state index in [0.29, 0.717) is 11.8 Å². The van der Waals surface area contributed by atoms with Crippen LogP contribution in [0.15, 0.2) is 4.91 Å². The number of halogens is 4. The van der Waals surface area contributed by atoms with Gasteiger partial charge in [0.15, 0.2) is 17.5 Å². The number of carbonyl (C=O) groups excluding carboxylic acids is 1. The van der Waals surface area contributed by atoms with Gasteiger partial charge in [-0.2, -0.15) is 0 Å². The van der Waals surface area contributed by atoms with Crippen LogP contribution in [-0.4, -0.2) is 16.1 Å². The monoisotopic (exact) mass is 349 g/mol. The molecule has 0 spiro atoms. The van der Waals surface area contributed by atoms with Crippen molar-refractivity contribution in [2.75, 3.05) is 0 Å². The lowest BCUT2D eigenvalue weighted by molar-refractivity contribution is 0.265. The summed E-state index contributed by atoms with van der Waals surface area (Å²) in [7, 11) is 0. The summed E-state index contributed by atoms with van der Waals surface area (Å²) in [6, 6.07) is 0. The SMILES string of the molecule is N=C1N/C(=C2/SC(=O)NC2=S)c2c(F)c(Cl)c(F)c(F)c21. The van der Waals surface area contributed by atoms with Crippen molar-refractivity contribution in [2.24, 2.45) is 0 Å². The van der Waals surface area contributed by atoms with E-state index in [0.717, 1.165) is 0 Å². The molecule has 10 heteroatoms. The molecule has 0 saturated carbocycles. The van der Waals surface area contributed by atoms with E-state index in [9.17, 15) is 18.0 Å². The van der Waals surface area contributed by atoms with Gasteiger partial charge in [0.25, 0.3) is 5.24 Å². The maximum atomic E-state index is 14.2. The number of benzene rings is 1. The van der Waals surface area contributed by atoms with E-state index in [1.165, 1.54) is 0 Å². The van der Waals surface area contributed by atoms with Gasteiger partial charge < -0.3 is 10.6 Å². The van der Waals surface area contributed by atoms with Crippen LogP contribution in [0.5, 0.6) is 0 Å². The third-order valence-electron chi connectivity index (χ3n) is 2.86. The van der Waals surface area contributed by atoms with Crippen LogP contribution in [0.25, 0.3) is 5.70 Å². The molecule has 0 radical (unpaired) electrons. The Morgan fingerprint density at radius 1 is 1.10 bits per heavy atom. The Morgan fingerprint density at radius 2 is 1.76 bits per heavy atom. The first-order chi connectivity index (χ1) is 9.82. The molecule has 2 aliphatic heterocycles. The molecule has 0 atom stereocenters. The third-order valence-corrected chi connectivity index (χ3v) is 4.53. The zero-order valence-electron chi connectivity index (χ0n) is 9.74. The molecule has 1 aromatic carbocycles. The summed E-state index contributed by atoms with van der Waals surface area (Å²) in [5, 5.41) is 10.8. The Morgan fingerprint density at radius 3 is 2.33 bits per heavy atom. The molecule has 3 N–H and O–H groups in total. The van der Waals surface area contributed by atoms with Gasteiger partial charge in [-0.1, -0.05) is 23.8 Å². The van der Waals surface area contributed by atoms with E-state index < -0.39 is 44.7 Å². The number of thiocarbonyl (C=S) groups is 1. The fraction of sp³-hybridized carbons (Fsp3) is 0. The molecule has 0 bridgehead atoms. The molecule has 1 amide bonds. The summed E-state index contributed by atoms with van der Waals surface area (Å²) < 4.78 is 41.5. The van der Waals surface area contributed by atoms with Gasteiger partial charge >= 0.3 is 0 Å². The summed E-state index contributed by atoms with van der Waals surface area (Å²) in [4.78, 5) is 11.4. The quantitative estimate of drug-likeness (QED) is 0.291. The third kappa shape index (κ3) is 1.95. The smallest absolute Gasteiger partial charge is 0.289 e. The van der Waals surface area contributed by atoms with Crippen LogP contribution in [0.4, 0.5) is 18.0 Å². The van der Waals surface area contributed by atoms with Crippen molar-refractivity contribution in [3.8, 4) is 0 Å².